The van der Waals surface area contributed by atoms with E-state index in [1.807, 2.05) is 6.20 Å². The van der Waals surface area contributed by atoms with Gasteiger partial charge in [-0.25, -0.2) is 0 Å². The van der Waals surface area contributed by atoms with Crippen molar-refractivity contribution in [2.75, 3.05) is 6.54 Å². The van der Waals surface area contributed by atoms with Gasteiger partial charge >= 0.3 is 0 Å². The average molecular weight is 379 g/mol. The van der Waals surface area contributed by atoms with Crippen LogP contribution in [0.1, 0.15) is 70.4 Å². The van der Waals surface area contributed by atoms with E-state index >= 15 is 0 Å². The van der Waals surface area contributed by atoms with Crippen molar-refractivity contribution in [2.24, 2.45) is 28.6 Å². The Morgan fingerprint density at radius 1 is 1.18 bits per heavy atom. The van der Waals surface area contributed by atoms with Gasteiger partial charge in [-0.2, -0.15) is 0 Å². The molecule has 0 N–H and O–H groups in total. The number of aryl methyl sites for hydroxylation is 1. The molecular formula is C25H34N2O. The lowest BCUT2D eigenvalue weighted by Gasteiger charge is -2.57. The number of carbonyl (C=O) groups is 1. The van der Waals surface area contributed by atoms with Crippen molar-refractivity contribution in [1.29, 1.82) is 0 Å². The molecule has 1 aromatic rings. The molecule has 5 rings (SSSR count). The first-order valence-corrected chi connectivity index (χ1v) is 11.4. The van der Waals surface area contributed by atoms with Crippen molar-refractivity contribution in [3.05, 3.63) is 35.7 Å². The highest BCUT2D eigenvalue weighted by atomic mass is 16.1. The normalized spacial score (nSPS) is 41.8. The largest absolute Gasteiger partial charge is 0.342 e. The van der Waals surface area contributed by atoms with Crippen LogP contribution in [0.25, 0.3) is 5.57 Å². The third-order valence-electron chi connectivity index (χ3n) is 9.36. The first-order chi connectivity index (χ1) is 13.5. The van der Waals surface area contributed by atoms with Crippen molar-refractivity contribution in [3.63, 3.8) is 0 Å². The highest BCUT2D eigenvalue weighted by Gasteiger charge is 2.60. The molecule has 3 heteroatoms. The van der Waals surface area contributed by atoms with Gasteiger partial charge in [-0.1, -0.05) is 26.8 Å². The first kappa shape index (κ1) is 18.4. The van der Waals surface area contributed by atoms with E-state index in [0.717, 1.165) is 37.1 Å². The highest BCUT2D eigenvalue weighted by Crippen LogP contribution is 2.66. The second-order valence-electron chi connectivity index (χ2n) is 10.3. The van der Waals surface area contributed by atoms with E-state index in [1.54, 1.807) is 5.57 Å². The van der Waals surface area contributed by atoms with Crippen LogP contribution in [0.2, 0.25) is 0 Å². The van der Waals surface area contributed by atoms with Crippen LogP contribution in [-0.4, -0.2) is 28.9 Å². The second-order valence-corrected chi connectivity index (χ2v) is 10.3. The number of fused-ring (bicyclic) bond motifs is 5. The first-order valence-electron chi connectivity index (χ1n) is 11.4. The number of carbonyl (C=O) groups excluding carboxylic acids is 1. The fourth-order valence-corrected chi connectivity index (χ4v) is 7.83. The van der Waals surface area contributed by atoms with E-state index in [-0.39, 0.29) is 0 Å². The Bertz CT molecular complexity index is 817. The lowest BCUT2D eigenvalue weighted by atomic mass is 9.48. The number of aromatic nitrogens is 1. The lowest BCUT2D eigenvalue weighted by molar-refractivity contribution is -0.123. The molecule has 0 radical (unpaired) electrons. The molecule has 2 saturated carbocycles. The SMILES string of the molecule is CCc1cncc(C2=CC[C@H]3[C@@H]4CCC5N(C=O)CC[C@]5(C)C4CC[C@]23C)c1. The molecule has 1 aliphatic heterocycles. The lowest BCUT2D eigenvalue weighted by Crippen LogP contribution is -2.53. The third-order valence-corrected chi connectivity index (χ3v) is 9.36. The van der Waals surface area contributed by atoms with E-state index in [9.17, 15) is 4.79 Å². The number of allylic oxidation sites excluding steroid dienone is 2. The Morgan fingerprint density at radius 2 is 2.04 bits per heavy atom. The van der Waals surface area contributed by atoms with Crippen molar-refractivity contribution in [3.8, 4) is 0 Å². The van der Waals surface area contributed by atoms with E-state index in [1.165, 1.54) is 49.7 Å². The molecule has 1 aromatic heterocycles. The molecule has 1 saturated heterocycles. The number of amides is 1. The molecule has 3 aliphatic carbocycles. The summed E-state index contributed by atoms with van der Waals surface area (Å²) in [6.45, 7) is 8.21. The number of likely N-dealkylation sites (tertiary alicyclic amines) is 1. The Balaban J connectivity index is 1.44. The number of hydrogen-bond donors (Lipinski definition) is 0. The predicted molar refractivity (Wildman–Crippen MR) is 113 cm³/mol. The maximum Gasteiger partial charge on any atom is 0.209 e. The Morgan fingerprint density at radius 3 is 2.82 bits per heavy atom. The number of rotatable bonds is 3. The molecule has 0 spiro atoms. The predicted octanol–water partition coefficient (Wildman–Crippen LogP) is 5.11. The smallest absolute Gasteiger partial charge is 0.209 e. The van der Waals surface area contributed by atoms with Crippen molar-refractivity contribution in [1.82, 2.24) is 9.88 Å². The van der Waals surface area contributed by atoms with Gasteiger partial charge in [-0.05, 0) is 96.3 Å². The maximum atomic E-state index is 11.6. The summed E-state index contributed by atoms with van der Waals surface area (Å²) < 4.78 is 0. The summed E-state index contributed by atoms with van der Waals surface area (Å²) in [5, 5.41) is 0. The van der Waals surface area contributed by atoms with Crippen LogP contribution in [0.15, 0.2) is 24.5 Å². The standard InChI is InChI=1S/C25H34N2O/c1-4-17-13-18(15-26-14-17)20-6-7-21-19-5-8-23-25(3,11-12-27(23)16-28)22(19)9-10-24(20,21)2/h6,13-16,19,21-23H,4-5,7-12H2,1-3H3/t19-,21-,22?,23?,24+,25+/m0/s1. The molecule has 6 atom stereocenters. The zero-order valence-electron chi connectivity index (χ0n) is 17.7. The zero-order chi connectivity index (χ0) is 19.5. The summed E-state index contributed by atoms with van der Waals surface area (Å²) in [6.07, 6.45) is 16.3. The van der Waals surface area contributed by atoms with Crippen LogP contribution in [-0.2, 0) is 11.2 Å². The van der Waals surface area contributed by atoms with E-state index in [4.69, 9.17) is 0 Å². The average Bonchev–Trinajstić information content (AvgIpc) is 3.24. The molecule has 0 aromatic carbocycles. The minimum absolute atomic E-state index is 0.293. The van der Waals surface area contributed by atoms with E-state index < -0.39 is 0 Å². The monoisotopic (exact) mass is 378 g/mol. The molecule has 150 valence electrons. The second kappa shape index (κ2) is 6.43. The summed E-state index contributed by atoms with van der Waals surface area (Å²) in [6, 6.07) is 2.85. The molecule has 3 fully saturated rings. The zero-order valence-corrected chi connectivity index (χ0v) is 17.7. The van der Waals surface area contributed by atoms with Gasteiger partial charge in [-0.15, -0.1) is 0 Å². The number of pyridine rings is 1. The van der Waals surface area contributed by atoms with Crippen LogP contribution >= 0.6 is 0 Å². The minimum Gasteiger partial charge on any atom is -0.342 e. The quantitative estimate of drug-likeness (QED) is 0.685. The molecule has 4 aliphatic rings. The van der Waals surface area contributed by atoms with Gasteiger partial charge in [0.15, 0.2) is 0 Å². The Labute approximate surface area is 169 Å². The van der Waals surface area contributed by atoms with Gasteiger partial charge in [-0.3, -0.25) is 9.78 Å². The van der Waals surface area contributed by atoms with Crippen molar-refractivity contribution < 1.29 is 4.79 Å². The molecule has 1 amide bonds. The fourth-order valence-electron chi connectivity index (χ4n) is 7.83. The molecule has 2 heterocycles. The minimum atomic E-state index is 0.293. The summed E-state index contributed by atoms with van der Waals surface area (Å²) in [7, 11) is 0. The summed E-state index contributed by atoms with van der Waals surface area (Å²) in [4.78, 5) is 18.2. The molecule has 2 unspecified atom stereocenters. The highest BCUT2D eigenvalue weighted by molar-refractivity contribution is 5.72. The summed E-state index contributed by atoms with van der Waals surface area (Å²) in [5.74, 6) is 2.35. The molecule has 3 nitrogen and oxygen atoms in total. The Kier molecular flexibility index (Phi) is 4.23. The van der Waals surface area contributed by atoms with Crippen LogP contribution in [0, 0.1) is 28.6 Å². The molecule has 0 bridgehead atoms. The van der Waals surface area contributed by atoms with Gasteiger partial charge in [0.2, 0.25) is 6.41 Å². The van der Waals surface area contributed by atoms with E-state index in [2.05, 4.69) is 49.0 Å². The van der Waals surface area contributed by atoms with Gasteiger partial charge in [0.1, 0.15) is 0 Å². The summed E-state index contributed by atoms with van der Waals surface area (Å²) >= 11 is 0. The van der Waals surface area contributed by atoms with E-state index in [0.29, 0.717) is 16.9 Å². The maximum absolute atomic E-state index is 11.6. The Hall–Kier alpha value is -1.64. The number of nitrogens with zero attached hydrogens (tertiary/aromatic N) is 2. The van der Waals surface area contributed by atoms with Gasteiger partial charge < -0.3 is 4.90 Å². The van der Waals surface area contributed by atoms with Crippen molar-refractivity contribution in [2.45, 2.75) is 71.8 Å². The van der Waals surface area contributed by atoms with Crippen LogP contribution in [0.4, 0.5) is 0 Å². The summed E-state index contributed by atoms with van der Waals surface area (Å²) in [5.41, 5.74) is 4.88. The fraction of sp³-hybridized carbons (Fsp3) is 0.680. The topological polar surface area (TPSA) is 33.2 Å². The number of hydrogen-bond acceptors (Lipinski definition) is 2. The van der Waals surface area contributed by atoms with Gasteiger partial charge in [0.25, 0.3) is 0 Å². The van der Waals surface area contributed by atoms with Crippen LogP contribution in [0.3, 0.4) is 0 Å². The third kappa shape index (κ3) is 2.40. The van der Waals surface area contributed by atoms with Gasteiger partial charge in [0.05, 0.1) is 0 Å². The molecular weight excluding hydrogens is 344 g/mol. The van der Waals surface area contributed by atoms with Crippen molar-refractivity contribution >= 4 is 12.0 Å². The van der Waals surface area contributed by atoms with Crippen LogP contribution < -0.4 is 0 Å². The van der Waals surface area contributed by atoms with Gasteiger partial charge in [0, 0.05) is 25.0 Å². The molecule has 28 heavy (non-hydrogen) atoms. The van der Waals surface area contributed by atoms with Crippen LogP contribution in [0.5, 0.6) is 0 Å².